The van der Waals surface area contributed by atoms with E-state index in [9.17, 15) is 4.79 Å². The first kappa shape index (κ1) is 24.5. The summed E-state index contributed by atoms with van der Waals surface area (Å²) in [5, 5.41) is 6.65. The topological polar surface area (TPSA) is 60.0 Å². The van der Waals surface area contributed by atoms with Crippen LogP contribution in [0.15, 0.2) is 4.99 Å². The first-order valence-electron chi connectivity index (χ1n) is 10.6. The van der Waals surface area contributed by atoms with Crippen molar-refractivity contribution < 1.29 is 4.79 Å². The van der Waals surface area contributed by atoms with Gasteiger partial charge in [0.05, 0.1) is 0 Å². The average molecular weight is 493 g/mol. The van der Waals surface area contributed by atoms with Crippen LogP contribution in [-0.4, -0.2) is 74.5 Å². The maximum absolute atomic E-state index is 12.3. The number of rotatable bonds is 7. The van der Waals surface area contributed by atoms with Crippen LogP contribution in [0, 0.1) is 5.92 Å². The number of nitrogens with one attached hydrogen (secondary N) is 2. The third-order valence-electron chi connectivity index (χ3n) is 5.51. The van der Waals surface area contributed by atoms with Gasteiger partial charge in [-0.25, -0.2) is 0 Å². The molecule has 0 aromatic carbocycles. The Morgan fingerprint density at radius 2 is 1.74 bits per heavy atom. The molecule has 1 amide bonds. The van der Waals surface area contributed by atoms with Crippen molar-refractivity contribution in [3.8, 4) is 0 Å². The van der Waals surface area contributed by atoms with Gasteiger partial charge in [-0.05, 0) is 57.7 Å². The molecule has 158 valence electrons. The Balaban J connectivity index is 0.00000364. The number of nitrogens with zero attached hydrogens (tertiary/aromatic N) is 3. The Hall–Kier alpha value is -0.570. The summed E-state index contributed by atoms with van der Waals surface area (Å²) in [4.78, 5) is 21.2. The molecule has 0 saturated carbocycles. The summed E-state index contributed by atoms with van der Waals surface area (Å²) < 4.78 is 0. The summed E-state index contributed by atoms with van der Waals surface area (Å²) >= 11 is 0. The van der Waals surface area contributed by atoms with Crippen LogP contribution < -0.4 is 10.6 Å². The van der Waals surface area contributed by atoms with Crippen molar-refractivity contribution in [1.82, 2.24) is 20.4 Å². The normalized spacial score (nSPS) is 21.9. The Morgan fingerprint density at radius 3 is 2.41 bits per heavy atom. The Kier molecular flexibility index (Phi) is 13.1. The van der Waals surface area contributed by atoms with Gasteiger partial charge in [-0.15, -0.1) is 24.0 Å². The van der Waals surface area contributed by atoms with Crippen LogP contribution in [0.4, 0.5) is 0 Å². The molecule has 0 bridgehead atoms. The second-order valence-corrected chi connectivity index (χ2v) is 7.87. The average Bonchev–Trinajstić information content (AvgIpc) is 2.92. The molecule has 0 aromatic heterocycles. The number of aliphatic imine (C=N–C) groups is 1. The summed E-state index contributed by atoms with van der Waals surface area (Å²) in [5.41, 5.74) is 0. The number of piperidine rings is 1. The molecule has 1 atom stereocenters. The highest BCUT2D eigenvalue weighted by atomic mass is 127. The summed E-state index contributed by atoms with van der Waals surface area (Å²) in [6.07, 6.45) is 9.53. The monoisotopic (exact) mass is 493 g/mol. The predicted molar refractivity (Wildman–Crippen MR) is 124 cm³/mol. The van der Waals surface area contributed by atoms with Crippen molar-refractivity contribution in [1.29, 1.82) is 0 Å². The van der Waals surface area contributed by atoms with Crippen molar-refractivity contribution >= 4 is 35.8 Å². The second-order valence-electron chi connectivity index (χ2n) is 7.87. The minimum atomic E-state index is 0. The first-order valence-corrected chi connectivity index (χ1v) is 10.6. The second kappa shape index (κ2) is 14.4. The van der Waals surface area contributed by atoms with Gasteiger partial charge in [-0.3, -0.25) is 9.79 Å². The van der Waals surface area contributed by atoms with Gasteiger partial charge in [0, 0.05) is 39.6 Å². The van der Waals surface area contributed by atoms with E-state index in [2.05, 4.69) is 27.4 Å². The van der Waals surface area contributed by atoms with Gasteiger partial charge in [0.1, 0.15) is 0 Å². The molecule has 2 aliphatic rings. The summed E-state index contributed by atoms with van der Waals surface area (Å²) in [5.74, 6) is 1.71. The minimum absolute atomic E-state index is 0. The summed E-state index contributed by atoms with van der Waals surface area (Å²) in [6.45, 7) is 9.32. The Morgan fingerprint density at radius 1 is 1.04 bits per heavy atom. The van der Waals surface area contributed by atoms with Gasteiger partial charge in [0.25, 0.3) is 0 Å². The van der Waals surface area contributed by atoms with Gasteiger partial charge in [0.2, 0.25) is 5.91 Å². The smallest absolute Gasteiger partial charge is 0.224 e. The fraction of sp³-hybridized carbons (Fsp3) is 0.900. The fourth-order valence-electron chi connectivity index (χ4n) is 3.95. The number of likely N-dealkylation sites (tertiary alicyclic amines) is 2. The van der Waals surface area contributed by atoms with Crippen molar-refractivity contribution in [2.24, 2.45) is 10.9 Å². The molecular formula is C20H40IN5O. The molecule has 27 heavy (non-hydrogen) atoms. The van der Waals surface area contributed by atoms with Crippen molar-refractivity contribution in [3.05, 3.63) is 0 Å². The van der Waals surface area contributed by atoms with Crippen molar-refractivity contribution in [3.63, 3.8) is 0 Å². The number of guanidine groups is 1. The lowest BCUT2D eigenvalue weighted by Crippen LogP contribution is -2.43. The molecule has 0 aromatic rings. The summed E-state index contributed by atoms with van der Waals surface area (Å²) in [6, 6.07) is 0. The first-order chi connectivity index (χ1) is 12.7. The standard InChI is InChI=1S/C20H39N5O.HI/c1-18-9-7-16-25(17-18)19(26)10-12-23-20(21-2)22-11-8-15-24-13-5-3-4-6-14-24;/h18H,3-17H2,1-2H3,(H2,21,22,23);1H. The van der Waals surface area contributed by atoms with Crippen LogP contribution in [0.3, 0.4) is 0 Å². The van der Waals surface area contributed by atoms with E-state index in [-0.39, 0.29) is 29.9 Å². The Bertz CT molecular complexity index is 438. The molecule has 7 heteroatoms. The van der Waals surface area contributed by atoms with E-state index in [4.69, 9.17) is 0 Å². The fourth-order valence-corrected chi connectivity index (χ4v) is 3.95. The maximum Gasteiger partial charge on any atom is 0.224 e. The number of hydrogen-bond acceptors (Lipinski definition) is 3. The highest BCUT2D eigenvalue weighted by Crippen LogP contribution is 2.15. The van der Waals surface area contributed by atoms with Crippen LogP contribution in [0.5, 0.6) is 0 Å². The van der Waals surface area contributed by atoms with E-state index in [0.29, 0.717) is 18.9 Å². The van der Waals surface area contributed by atoms with Gasteiger partial charge in [0.15, 0.2) is 5.96 Å². The number of halogens is 1. The van der Waals surface area contributed by atoms with Crippen LogP contribution in [-0.2, 0) is 4.79 Å². The zero-order valence-electron chi connectivity index (χ0n) is 17.3. The number of hydrogen-bond donors (Lipinski definition) is 2. The minimum Gasteiger partial charge on any atom is -0.356 e. The highest BCUT2D eigenvalue weighted by Gasteiger charge is 2.20. The molecule has 1 unspecified atom stereocenters. The quantitative estimate of drug-likeness (QED) is 0.248. The third kappa shape index (κ3) is 9.96. The maximum atomic E-state index is 12.3. The molecule has 2 saturated heterocycles. The van der Waals surface area contributed by atoms with E-state index in [1.807, 2.05) is 4.90 Å². The van der Waals surface area contributed by atoms with Gasteiger partial charge in [-0.2, -0.15) is 0 Å². The van der Waals surface area contributed by atoms with Crippen LogP contribution in [0.2, 0.25) is 0 Å². The van der Waals surface area contributed by atoms with Crippen molar-refractivity contribution in [2.45, 2.75) is 58.3 Å². The SMILES string of the molecule is CN=C(NCCCN1CCCCCC1)NCCC(=O)N1CCCC(C)C1.I. The molecule has 0 spiro atoms. The molecule has 0 radical (unpaired) electrons. The van der Waals surface area contributed by atoms with Gasteiger partial charge >= 0.3 is 0 Å². The van der Waals surface area contributed by atoms with E-state index in [1.54, 1.807) is 7.05 Å². The molecule has 0 aliphatic carbocycles. The molecule has 2 aliphatic heterocycles. The number of carbonyl (C=O) groups is 1. The lowest BCUT2D eigenvalue weighted by molar-refractivity contribution is -0.132. The third-order valence-corrected chi connectivity index (χ3v) is 5.51. The van der Waals surface area contributed by atoms with E-state index in [0.717, 1.165) is 45.0 Å². The molecule has 2 N–H and O–H groups in total. The lowest BCUT2D eigenvalue weighted by Gasteiger charge is -2.31. The molecule has 2 fully saturated rings. The van der Waals surface area contributed by atoms with E-state index in [1.165, 1.54) is 45.2 Å². The van der Waals surface area contributed by atoms with Gasteiger partial charge in [-0.1, -0.05) is 19.8 Å². The molecule has 2 rings (SSSR count). The van der Waals surface area contributed by atoms with Crippen molar-refractivity contribution in [2.75, 3.05) is 52.9 Å². The van der Waals surface area contributed by atoms with Crippen LogP contribution >= 0.6 is 24.0 Å². The van der Waals surface area contributed by atoms with E-state index < -0.39 is 0 Å². The van der Waals surface area contributed by atoms with E-state index >= 15 is 0 Å². The summed E-state index contributed by atoms with van der Waals surface area (Å²) in [7, 11) is 1.79. The lowest BCUT2D eigenvalue weighted by atomic mass is 10.00. The largest absolute Gasteiger partial charge is 0.356 e. The predicted octanol–water partition coefficient (Wildman–Crippen LogP) is 2.68. The van der Waals surface area contributed by atoms with Crippen LogP contribution in [0.1, 0.15) is 58.3 Å². The molecular weight excluding hydrogens is 453 g/mol. The number of carbonyl (C=O) groups excluding carboxylic acids is 1. The molecule has 6 nitrogen and oxygen atoms in total. The Labute approximate surface area is 182 Å². The van der Waals surface area contributed by atoms with Gasteiger partial charge < -0.3 is 20.4 Å². The number of amides is 1. The van der Waals surface area contributed by atoms with Crippen LogP contribution in [0.25, 0.3) is 0 Å². The zero-order valence-corrected chi connectivity index (χ0v) is 19.7. The molecule has 2 heterocycles. The highest BCUT2D eigenvalue weighted by molar-refractivity contribution is 14.0. The zero-order chi connectivity index (χ0) is 18.6.